The Hall–Kier alpha value is -4.61. The highest BCUT2D eigenvalue weighted by Gasteiger charge is 2.25. The van der Waals surface area contributed by atoms with E-state index in [0.29, 0.717) is 65.2 Å². The summed E-state index contributed by atoms with van der Waals surface area (Å²) in [5.74, 6) is 2.50. The molecule has 2 amide bonds. The zero-order valence-electron chi connectivity index (χ0n) is 23.6. The van der Waals surface area contributed by atoms with Crippen molar-refractivity contribution in [2.45, 2.75) is 13.0 Å². The summed E-state index contributed by atoms with van der Waals surface area (Å²) in [7, 11) is 0. The number of ether oxygens (including phenoxy) is 5. The van der Waals surface area contributed by atoms with Crippen LogP contribution in [0.15, 0.2) is 66.9 Å². The molecule has 1 saturated heterocycles. The van der Waals surface area contributed by atoms with Gasteiger partial charge >= 0.3 is 6.03 Å². The van der Waals surface area contributed by atoms with Crippen LogP contribution < -0.4 is 29.6 Å². The summed E-state index contributed by atoms with van der Waals surface area (Å²) in [6.07, 6.45) is 2.56. The number of rotatable bonds is 10. The predicted molar refractivity (Wildman–Crippen MR) is 159 cm³/mol. The van der Waals surface area contributed by atoms with Crippen molar-refractivity contribution in [1.29, 1.82) is 0 Å². The zero-order chi connectivity index (χ0) is 29.4. The highest BCUT2D eigenvalue weighted by atomic mass is 19.1. The molecule has 6 rings (SSSR count). The van der Waals surface area contributed by atoms with Gasteiger partial charge < -0.3 is 34.3 Å². The van der Waals surface area contributed by atoms with Crippen LogP contribution >= 0.6 is 0 Å². The van der Waals surface area contributed by atoms with Gasteiger partial charge in [0, 0.05) is 44.1 Å². The minimum atomic E-state index is -0.374. The second-order valence-corrected chi connectivity index (χ2v) is 10.1. The number of nitrogens with one attached hydrogen (secondary N) is 2. The number of pyridine rings is 1. The molecule has 0 radical (unpaired) electrons. The van der Waals surface area contributed by atoms with Gasteiger partial charge in [-0.25, -0.2) is 9.18 Å². The summed E-state index contributed by atoms with van der Waals surface area (Å²) in [6, 6.07) is 16.2. The van der Waals surface area contributed by atoms with Crippen LogP contribution in [-0.2, 0) is 11.3 Å². The third-order valence-electron chi connectivity index (χ3n) is 7.13. The Morgan fingerprint density at radius 1 is 0.930 bits per heavy atom. The molecular formula is C32H33FN4O6. The maximum absolute atomic E-state index is 13.1. The number of hydrogen-bond acceptors (Lipinski definition) is 8. The monoisotopic (exact) mass is 588 g/mol. The topological polar surface area (TPSA) is 103 Å². The Morgan fingerprint density at radius 2 is 1.70 bits per heavy atom. The molecule has 0 aliphatic carbocycles. The van der Waals surface area contributed by atoms with Crippen LogP contribution in [0.2, 0.25) is 0 Å². The van der Waals surface area contributed by atoms with Crippen molar-refractivity contribution in [3.8, 4) is 28.7 Å². The maximum atomic E-state index is 13.1. The summed E-state index contributed by atoms with van der Waals surface area (Å²) < 4.78 is 43.0. The van der Waals surface area contributed by atoms with E-state index in [9.17, 15) is 9.18 Å². The standard InChI is InChI=1S/C32H33FN4O6/c33-23-4-2-22(3-5-23)21-35-32(38)36-24-6-8-25(9-7-24)43-27-10-11-34-26-20-28(30-31(29(26)27)42-19-18-41-30)40-15-1-12-37-13-16-39-17-14-37/h2-11,20H,1,12-19,21H2,(H2,35,36,38). The number of aromatic nitrogens is 1. The second kappa shape index (κ2) is 13.6. The fourth-order valence-corrected chi connectivity index (χ4v) is 4.95. The lowest BCUT2D eigenvalue weighted by Crippen LogP contribution is -2.37. The van der Waals surface area contributed by atoms with Gasteiger partial charge in [0.05, 0.1) is 30.7 Å². The van der Waals surface area contributed by atoms with Crippen molar-refractivity contribution >= 4 is 22.6 Å². The Morgan fingerprint density at radius 3 is 2.49 bits per heavy atom. The summed E-state index contributed by atoms with van der Waals surface area (Å²) in [6.45, 7) is 6.04. The first kappa shape index (κ1) is 28.5. The van der Waals surface area contributed by atoms with Gasteiger partial charge in [-0.1, -0.05) is 12.1 Å². The van der Waals surface area contributed by atoms with Crippen molar-refractivity contribution in [1.82, 2.24) is 15.2 Å². The molecule has 2 aliphatic rings. The molecule has 0 bridgehead atoms. The minimum Gasteiger partial charge on any atom is -0.489 e. The first-order valence-electron chi connectivity index (χ1n) is 14.3. The third kappa shape index (κ3) is 7.25. The number of carbonyl (C=O) groups is 1. The number of amides is 2. The molecule has 2 N–H and O–H groups in total. The van der Waals surface area contributed by atoms with E-state index in [1.807, 2.05) is 6.07 Å². The quantitative estimate of drug-likeness (QED) is 0.239. The van der Waals surface area contributed by atoms with E-state index in [1.165, 1.54) is 12.1 Å². The van der Waals surface area contributed by atoms with Gasteiger partial charge in [-0.05, 0) is 54.4 Å². The lowest BCUT2D eigenvalue weighted by molar-refractivity contribution is 0.0357. The Kier molecular flexibility index (Phi) is 9.00. The molecule has 10 nitrogen and oxygen atoms in total. The molecular weight excluding hydrogens is 555 g/mol. The van der Waals surface area contributed by atoms with Gasteiger partial charge in [-0.3, -0.25) is 9.88 Å². The van der Waals surface area contributed by atoms with Crippen LogP contribution in [-0.4, -0.2) is 68.6 Å². The smallest absolute Gasteiger partial charge is 0.319 e. The molecule has 3 heterocycles. The Balaban J connectivity index is 1.11. The van der Waals surface area contributed by atoms with Crippen LogP contribution in [0.4, 0.5) is 14.9 Å². The first-order chi connectivity index (χ1) is 21.1. The summed E-state index contributed by atoms with van der Waals surface area (Å²) in [5, 5.41) is 6.23. The molecule has 0 spiro atoms. The largest absolute Gasteiger partial charge is 0.489 e. The molecule has 0 saturated carbocycles. The average Bonchev–Trinajstić information content (AvgIpc) is 3.04. The van der Waals surface area contributed by atoms with E-state index >= 15 is 0 Å². The SMILES string of the molecule is O=C(NCc1ccc(F)cc1)Nc1ccc(Oc2ccnc3cc(OCCCN4CCOCC4)c4c(c23)OCCO4)cc1. The Bertz CT molecular complexity index is 1540. The maximum Gasteiger partial charge on any atom is 0.319 e. The molecule has 0 atom stereocenters. The first-order valence-corrected chi connectivity index (χ1v) is 14.3. The number of anilines is 1. The highest BCUT2D eigenvalue weighted by Crippen LogP contribution is 2.48. The van der Waals surface area contributed by atoms with Gasteiger partial charge in [0.1, 0.15) is 30.5 Å². The number of nitrogens with zero attached hydrogens (tertiary/aromatic N) is 2. The summed E-state index contributed by atoms with van der Waals surface area (Å²) in [4.78, 5) is 19.2. The normalized spacial score (nSPS) is 14.7. The van der Waals surface area contributed by atoms with Crippen LogP contribution in [0.3, 0.4) is 0 Å². The van der Waals surface area contributed by atoms with Crippen molar-refractivity contribution in [2.75, 3.05) is 58.0 Å². The van der Waals surface area contributed by atoms with E-state index < -0.39 is 0 Å². The van der Waals surface area contributed by atoms with Crippen LogP contribution in [0.1, 0.15) is 12.0 Å². The van der Waals surface area contributed by atoms with Crippen LogP contribution in [0.5, 0.6) is 28.7 Å². The van der Waals surface area contributed by atoms with E-state index in [-0.39, 0.29) is 18.4 Å². The Labute approximate surface area is 248 Å². The zero-order valence-corrected chi connectivity index (χ0v) is 23.6. The van der Waals surface area contributed by atoms with E-state index in [2.05, 4.69) is 20.5 Å². The van der Waals surface area contributed by atoms with Crippen LogP contribution in [0.25, 0.3) is 10.9 Å². The lowest BCUT2D eigenvalue weighted by Gasteiger charge is -2.26. The molecule has 224 valence electrons. The number of morpholine rings is 1. The van der Waals surface area contributed by atoms with Gasteiger partial charge in [0.25, 0.3) is 0 Å². The average molecular weight is 589 g/mol. The summed E-state index contributed by atoms with van der Waals surface area (Å²) >= 11 is 0. The van der Waals surface area contributed by atoms with Gasteiger partial charge in [-0.2, -0.15) is 0 Å². The van der Waals surface area contributed by atoms with Crippen LogP contribution in [0, 0.1) is 5.82 Å². The van der Waals surface area contributed by atoms with Crippen molar-refractivity contribution < 1.29 is 32.9 Å². The van der Waals surface area contributed by atoms with Gasteiger partial charge in [0.15, 0.2) is 11.5 Å². The minimum absolute atomic E-state index is 0.278. The lowest BCUT2D eigenvalue weighted by atomic mass is 10.1. The molecule has 1 fully saturated rings. The third-order valence-corrected chi connectivity index (χ3v) is 7.13. The number of urea groups is 1. The van der Waals surface area contributed by atoms with E-state index in [0.717, 1.165) is 44.8 Å². The second-order valence-electron chi connectivity index (χ2n) is 10.1. The number of halogens is 1. The van der Waals surface area contributed by atoms with Crippen molar-refractivity contribution in [3.05, 3.63) is 78.2 Å². The van der Waals surface area contributed by atoms with E-state index in [1.54, 1.807) is 48.7 Å². The number of benzene rings is 3. The van der Waals surface area contributed by atoms with E-state index in [4.69, 9.17) is 23.7 Å². The highest BCUT2D eigenvalue weighted by molar-refractivity contribution is 5.95. The number of hydrogen-bond donors (Lipinski definition) is 2. The molecule has 1 aromatic heterocycles. The molecule has 11 heteroatoms. The molecule has 3 aromatic carbocycles. The van der Waals surface area contributed by atoms with Gasteiger partial charge in [0.2, 0.25) is 5.75 Å². The van der Waals surface area contributed by atoms with Crippen molar-refractivity contribution in [2.24, 2.45) is 0 Å². The summed E-state index contributed by atoms with van der Waals surface area (Å²) in [5.41, 5.74) is 2.05. The number of carbonyl (C=O) groups excluding carboxylic acids is 1. The predicted octanol–water partition coefficient (Wildman–Crippen LogP) is 5.36. The fourth-order valence-electron chi connectivity index (χ4n) is 4.95. The number of fused-ring (bicyclic) bond motifs is 3. The molecule has 2 aliphatic heterocycles. The van der Waals surface area contributed by atoms with Crippen molar-refractivity contribution in [3.63, 3.8) is 0 Å². The molecule has 43 heavy (non-hydrogen) atoms. The molecule has 4 aromatic rings. The fraction of sp³-hybridized carbons (Fsp3) is 0.312. The molecule has 0 unspecified atom stereocenters. The van der Waals surface area contributed by atoms with Gasteiger partial charge in [-0.15, -0.1) is 0 Å².